The van der Waals surface area contributed by atoms with E-state index in [-0.39, 0.29) is 13.2 Å². The Balaban J connectivity index is 1.66. The third kappa shape index (κ3) is 5.15. The molecule has 1 aromatic carbocycles. The SMILES string of the molecule is Cc1cc(NC(=O)NC[C@H](O)COc2ccccc2)no1. The van der Waals surface area contributed by atoms with Crippen LogP contribution in [-0.2, 0) is 0 Å². The Hall–Kier alpha value is -2.54. The van der Waals surface area contributed by atoms with Gasteiger partial charge in [0, 0.05) is 12.6 Å². The number of aryl methyl sites for hydroxylation is 1. The summed E-state index contributed by atoms with van der Waals surface area (Å²) < 4.78 is 10.2. The zero-order valence-electron chi connectivity index (χ0n) is 11.6. The van der Waals surface area contributed by atoms with Gasteiger partial charge >= 0.3 is 6.03 Å². The molecule has 0 aliphatic rings. The van der Waals surface area contributed by atoms with Gasteiger partial charge < -0.3 is 19.7 Å². The summed E-state index contributed by atoms with van der Waals surface area (Å²) >= 11 is 0. The number of carbonyl (C=O) groups is 1. The number of hydrogen-bond donors (Lipinski definition) is 3. The summed E-state index contributed by atoms with van der Waals surface area (Å²) in [7, 11) is 0. The number of benzene rings is 1. The summed E-state index contributed by atoms with van der Waals surface area (Å²) in [6.45, 7) is 1.88. The summed E-state index contributed by atoms with van der Waals surface area (Å²) in [4.78, 5) is 11.5. The van der Waals surface area contributed by atoms with Crippen LogP contribution in [0.4, 0.5) is 10.6 Å². The molecule has 0 radical (unpaired) electrons. The van der Waals surface area contributed by atoms with Crippen LogP contribution in [0, 0.1) is 6.92 Å². The number of anilines is 1. The first-order valence-corrected chi connectivity index (χ1v) is 6.47. The van der Waals surface area contributed by atoms with Gasteiger partial charge in [0.05, 0.1) is 0 Å². The standard InChI is InChI=1S/C14H17N3O4/c1-10-7-13(17-21-10)16-14(19)15-8-11(18)9-20-12-5-3-2-4-6-12/h2-7,11,18H,8-9H2,1H3,(H2,15,16,17,19)/t11-/m0/s1. The summed E-state index contributed by atoms with van der Waals surface area (Å²) in [5.41, 5.74) is 0. The second-order valence-electron chi connectivity index (χ2n) is 4.44. The number of rotatable bonds is 6. The molecule has 7 nitrogen and oxygen atoms in total. The molecule has 112 valence electrons. The molecule has 0 unspecified atom stereocenters. The van der Waals surface area contributed by atoms with Crippen molar-refractivity contribution in [2.24, 2.45) is 0 Å². The molecule has 1 aromatic heterocycles. The Morgan fingerprint density at radius 1 is 1.43 bits per heavy atom. The summed E-state index contributed by atoms with van der Waals surface area (Å²) in [6, 6.07) is 10.3. The fourth-order valence-corrected chi connectivity index (χ4v) is 1.56. The van der Waals surface area contributed by atoms with Gasteiger partial charge in [-0.15, -0.1) is 0 Å². The lowest BCUT2D eigenvalue weighted by atomic mass is 10.3. The Morgan fingerprint density at radius 3 is 2.86 bits per heavy atom. The minimum Gasteiger partial charge on any atom is -0.491 e. The van der Waals surface area contributed by atoms with E-state index in [1.807, 2.05) is 18.2 Å². The molecular weight excluding hydrogens is 274 g/mol. The molecule has 0 fully saturated rings. The van der Waals surface area contributed by atoms with Crippen LogP contribution in [0.15, 0.2) is 40.9 Å². The lowest BCUT2D eigenvalue weighted by Gasteiger charge is -2.13. The number of urea groups is 1. The van der Waals surface area contributed by atoms with Crippen molar-refractivity contribution in [1.29, 1.82) is 0 Å². The number of aromatic nitrogens is 1. The first-order chi connectivity index (χ1) is 10.1. The maximum Gasteiger partial charge on any atom is 0.320 e. The molecule has 2 rings (SSSR count). The van der Waals surface area contributed by atoms with E-state index in [2.05, 4.69) is 15.8 Å². The number of ether oxygens (including phenoxy) is 1. The number of nitrogens with zero attached hydrogens (tertiary/aromatic N) is 1. The summed E-state index contributed by atoms with van der Waals surface area (Å²) in [5.74, 6) is 1.58. The van der Waals surface area contributed by atoms with E-state index in [0.29, 0.717) is 17.3 Å². The maximum atomic E-state index is 11.5. The predicted molar refractivity (Wildman–Crippen MR) is 76.2 cm³/mol. The lowest BCUT2D eigenvalue weighted by Crippen LogP contribution is -2.37. The number of amides is 2. The fourth-order valence-electron chi connectivity index (χ4n) is 1.56. The zero-order valence-corrected chi connectivity index (χ0v) is 11.6. The van der Waals surface area contributed by atoms with E-state index in [1.165, 1.54) is 0 Å². The van der Waals surface area contributed by atoms with Crippen LogP contribution in [0.25, 0.3) is 0 Å². The molecule has 0 saturated carbocycles. The summed E-state index contributed by atoms with van der Waals surface area (Å²) in [5, 5.41) is 18.4. The molecule has 7 heteroatoms. The molecule has 0 saturated heterocycles. The number of carbonyl (C=O) groups excluding carboxylic acids is 1. The quantitative estimate of drug-likeness (QED) is 0.750. The third-order valence-electron chi connectivity index (χ3n) is 2.55. The fraction of sp³-hybridized carbons (Fsp3) is 0.286. The smallest absolute Gasteiger partial charge is 0.320 e. The molecule has 0 aliphatic heterocycles. The van der Waals surface area contributed by atoms with E-state index >= 15 is 0 Å². The largest absolute Gasteiger partial charge is 0.491 e. The molecular formula is C14H17N3O4. The monoisotopic (exact) mass is 291 g/mol. The predicted octanol–water partition coefficient (Wildman–Crippen LogP) is 1.54. The van der Waals surface area contributed by atoms with E-state index in [4.69, 9.17) is 9.26 Å². The van der Waals surface area contributed by atoms with E-state index in [1.54, 1.807) is 25.1 Å². The van der Waals surface area contributed by atoms with E-state index in [9.17, 15) is 9.90 Å². The number of hydrogen-bond acceptors (Lipinski definition) is 5. The van der Waals surface area contributed by atoms with E-state index in [0.717, 1.165) is 0 Å². The average Bonchev–Trinajstić information content (AvgIpc) is 2.89. The van der Waals surface area contributed by atoms with Crippen molar-refractivity contribution in [2.75, 3.05) is 18.5 Å². The first-order valence-electron chi connectivity index (χ1n) is 6.47. The minimum atomic E-state index is -0.810. The number of aliphatic hydroxyl groups excluding tert-OH is 1. The van der Waals surface area contributed by atoms with Crippen molar-refractivity contribution in [3.63, 3.8) is 0 Å². The molecule has 21 heavy (non-hydrogen) atoms. The van der Waals surface area contributed by atoms with Gasteiger partial charge in [0.25, 0.3) is 0 Å². The Kier molecular flexibility index (Phi) is 5.16. The van der Waals surface area contributed by atoms with Gasteiger partial charge in [-0.1, -0.05) is 23.4 Å². The Morgan fingerprint density at radius 2 is 2.19 bits per heavy atom. The maximum absolute atomic E-state index is 11.5. The van der Waals surface area contributed by atoms with Crippen molar-refractivity contribution in [3.05, 3.63) is 42.2 Å². The normalized spacial score (nSPS) is 11.7. The van der Waals surface area contributed by atoms with Gasteiger partial charge in [0.15, 0.2) is 5.82 Å². The van der Waals surface area contributed by atoms with E-state index < -0.39 is 12.1 Å². The second-order valence-corrected chi connectivity index (χ2v) is 4.44. The molecule has 0 spiro atoms. The molecule has 1 heterocycles. The average molecular weight is 291 g/mol. The topological polar surface area (TPSA) is 96.6 Å². The van der Waals surface area contributed by atoms with Gasteiger partial charge in [-0.05, 0) is 19.1 Å². The first kappa shape index (κ1) is 14.9. The van der Waals surface area contributed by atoms with Crippen LogP contribution in [-0.4, -0.2) is 35.5 Å². The van der Waals surface area contributed by atoms with Crippen molar-refractivity contribution < 1.29 is 19.2 Å². The minimum absolute atomic E-state index is 0.0650. The van der Waals surface area contributed by atoms with Crippen molar-refractivity contribution in [3.8, 4) is 5.75 Å². The van der Waals surface area contributed by atoms with Crippen LogP contribution in [0.1, 0.15) is 5.76 Å². The molecule has 2 aromatic rings. The van der Waals surface area contributed by atoms with Crippen LogP contribution in [0.3, 0.4) is 0 Å². The van der Waals surface area contributed by atoms with Gasteiger partial charge in [0.1, 0.15) is 24.2 Å². The van der Waals surface area contributed by atoms with Gasteiger partial charge in [0.2, 0.25) is 0 Å². The van der Waals surface area contributed by atoms with Crippen LogP contribution < -0.4 is 15.4 Å². The molecule has 0 bridgehead atoms. The molecule has 3 N–H and O–H groups in total. The number of aliphatic hydroxyl groups is 1. The zero-order chi connectivity index (χ0) is 15.1. The number of nitrogens with one attached hydrogen (secondary N) is 2. The van der Waals surface area contributed by atoms with Crippen LogP contribution in [0.5, 0.6) is 5.75 Å². The number of para-hydroxylation sites is 1. The van der Waals surface area contributed by atoms with Gasteiger partial charge in [-0.2, -0.15) is 0 Å². The second kappa shape index (κ2) is 7.30. The van der Waals surface area contributed by atoms with Crippen LogP contribution >= 0.6 is 0 Å². The van der Waals surface area contributed by atoms with Crippen molar-refractivity contribution >= 4 is 11.8 Å². The highest BCUT2D eigenvalue weighted by atomic mass is 16.5. The Labute approximate surface area is 121 Å². The highest BCUT2D eigenvalue weighted by molar-refractivity contribution is 5.88. The molecule has 2 amide bonds. The highest BCUT2D eigenvalue weighted by Crippen LogP contribution is 2.08. The molecule has 1 atom stereocenters. The van der Waals surface area contributed by atoms with Crippen LogP contribution in [0.2, 0.25) is 0 Å². The summed E-state index contributed by atoms with van der Waals surface area (Å²) in [6.07, 6.45) is -0.810. The highest BCUT2D eigenvalue weighted by Gasteiger charge is 2.09. The van der Waals surface area contributed by atoms with Gasteiger partial charge in [-0.3, -0.25) is 5.32 Å². The van der Waals surface area contributed by atoms with Crippen molar-refractivity contribution in [2.45, 2.75) is 13.0 Å². The van der Waals surface area contributed by atoms with Gasteiger partial charge in [-0.25, -0.2) is 4.79 Å². The third-order valence-corrected chi connectivity index (χ3v) is 2.55. The molecule has 0 aliphatic carbocycles. The van der Waals surface area contributed by atoms with Crippen molar-refractivity contribution in [1.82, 2.24) is 10.5 Å². The Bertz CT molecular complexity index is 571. The lowest BCUT2D eigenvalue weighted by molar-refractivity contribution is 0.108.